The zero-order valence-corrected chi connectivity index (χ0v) is 12.0. The third-order valence-electron chi connectivity index (χ3n) is 3.64. The largest absolute Gasteiger partial charge is 0.485 e. The fourth-order valence-corrected chi connectivity index (χ4v) is 2.64. The number of ether oxygens (including phenoxy) is 1. The molecule has 1 heterocycles. The van der Waals surface area contributed by atoms with Crippen LogP contribution < -0.4 is 4.74 Å². The van der Waals surface area contributed by atoms with E-state index >= 15 is 0 Å². The van der Waals surface area contributed by atoms with E-state index in [0.717, 1.165) is 40.2 Å². The monoisotopic (exact) mass is 300 g/mol. The van der Waals surface area contributed by atoms with Crippen LogP contribution in [0.4, 0.5) is 0 Å². The van der Waals surface area contributed by atoms with Crippen molar-refractivity contribution in [2.24, 2.45) is 0 Å². The quantitative estimate of drug-likeness (QED) is 0.741. The van der Waals surface area contributed by atoms with Gasteiger partial charge >= 0.3 is 0 Å². The third kappa shape index (κ3) is 2.34. The van der Waals surface area contributed by atoms with E-state index in [-0.39, 0.29) is 0 Å². The van der Waals surface area contributed by atoms with Crippen LogP contribution in [-0.2, 0) is 6.61 Å². The molecule has 6 heteroatoms. The van der Waals surface area contributed by atoms with Gasteiger partial charge in [0.1, 0.15) is 12.4 Å². The number of benzene rings is 2. The number of nitrogens with zero attached hydrogens (tertiary/aromatic N) is 4. The Hall–Kier alpha value is -2.14. The van der Waals surface area contributed by atoms with Crippen molar-refractivity contribution in [3.8, 4) is 5.75 Å². The molecule has 0 aliphatic heterocycles. The van der Waals surface area contributed by atoms with Crippen molar-refractivity contribution in [2.45, 2.75) is 25.5 Å². The summed E-state index contributed by atoms with van der Waals surface area (Å²) in [7, 11) is 0. The second-order valence-electron chi connectivity index (χ2n) is 5.15. The smallest absolute Gasteiger partial charge is 0.189 e. The fraction of sp³-hybridized carbons (Fsp3) is 0.267. The van der Waals surface area contributed by atoms with Crippen molar-refractivity contribution < 1.29 is 4.74 Å². The molecule has 0 saturated heterocycles. The molecule has 0 radical (unpaired) electrons. The van der Waals surface area contributed by atoms with Crippen LogP contribution in [0.5, 0.6) is 5.75 Å². The van der Waals surface area contributed by atoms with Crippen LogP contribution in [0.3, 0.4) is 0 Å². The molecule has 106 valence electrons. The first-order valence-corrected chi connectivity index (χ1v) is 7.27. The van der Waals surface area contributed by atoms with Gasteiger partial charge in [0, 0.05) is 15.8 Å². The SMILES string of the molecule is Clc1ccc(OCc2nnnn2C2CC2)c2ccccc12. The van der Waals surface area contributed by atoms with E-state index in [2.05, 4.69) is 15.5 Å². The van der Waals surface area contributed by atoms with E-state index < -0.39 is 0 Å². The highest BCUT2D eigenvalue weighted by Crippen LogP contribution is 2.35. The number of halogens is 1. The van der Waals surface area contributed by atoms with Crippen LogP contribution in [0.15, 0.2) is 36.4 Å². The molecule has 1 fully saturated rings. The zero-order valence-electron chi connectivity index (χ0n) is 11.2. The van der Waals surface area contributed by atoms with E-state index in [1.165, 1.54) is 0 Å². The molecule has 1 aliphatic rings. The molecular formula is C15H13ClN4O. The summed E-state index contributed by atoms with van der Waals surface area (Å²) in [6, 6.07) is 12.1. The van der Waals surface area contributed by atoms with Gasteiger partial charge in [-0.25, -0.2) is 4.68 Å². The standard InChI is InChI=1S/C15H13ClN4O/c16-13-7-8-14(12-4-2-1-3-11(12)13)21-9-15-17-18-19-20(15)10-5-6-10/h1-4,7-8,10H,5-6,9H2. The van der Waals surface area contributed by atoms with E-state index in [4.69, 9.17) is 16.3 Å². The molecule has 0 unspecified atom stereocenters. The van der Waals surface area contributed by atoms with Gasteiger partial charge in [-0.3, -0.25) is 0 Å². The van der Waals surface area contributed by atoms with Gasteiger partial charge < -0.3 is 4.74 Å². The van der Waals surface area contributed by atoms with Crippen molar-refractivity contribution in [2.75, 3.05) is 0 Å². The van der Waals surface area contributed by atoms with Crippen LogP contribution in [0.1, 0.15) is 24.7 Å². The van der Waals surface area contributed by atoms with Crippen LogP contribution in [0.25, 0.3) is 10.8 Å². The lowest BCUT2D eigenvalue weighted by molar-refractivity contribution is 0.290. The molecule has 0 spiro atoms. The van der Waals surface area contributed by atoms with Gasteiger partial charge in [-0.2, -0.15) is 0 Å². The number of aromatic nitrogens is 4. The highest BCUT2D eigenvalue weighted by atomic mass is 35.5. The lowest BCUT2D eigenvalue weighted by Crippen LogP contribution is -2.07. The van der Waals surface area contributed by atoms with Crippen LogP contribution in [0, 0.1) is 0 Å². The van der Waals surface area contributed by atoms with Crippen LogP contribution >= 0.6 is 11.6 Å². The second-order valence-corrected chi connectivity index (χ2v) is 5.56. The third-order valence-corrected chi connectivity index (χ3v) is 3.97. The Morgan fingerprint density at radius 3 is 2.76 bits per heavy atom. The maximum absolute atomic E-state index is 6.21. The Bertz CT molecular complexity index is 797. The number of fused-ring (bicyclic) bond motifs is 1. The summed E-state index contributed by atoms with van der Waals surface area (Å²) in [5.74, 6) is 1.55. The molecule has 0 amide bonds. The molecule has 3 aromatic rings. The predicted molar refractivity (Wildman–Crippen MR) is 79.4 cm³/mol. The lowest BCUT2D eigenvalue weighted by atomic mass is 10.1. The van der Waals surface area contributed by atoms with Gasteiger partial charge in [-0.1, -0.05) is 35.9 Å². The molecule has 1 aliphatic carbocycles. The van der Waals surface area contributed by atoms with Gasteiger partial charge in [0.15, 0.2) is 5.82 Å². The first-order chi connectivity index (χ1) is 10.3. The number of hydrogen-bond acceptors (Lipinski definition) is 4. The minimum atomic E-state index is 0.356. The average molecular weight is 301 g/mol. The van der Waals surface area contributed by atoms with E-state index in [1.54, 1.807) is 0 Å². The summed E-state index contributed by atoms with van der Waals surface area (Å²) < 4.78 is 7.77. The summed E-state index contributed by atoms with van der Waals surface area (Å²) in [5.41, 5.74) is 0. The minimum Gasteiger partial charge on any atom is -0.485 e. The van der Waals surface area contributed by atoms with Crippen LogP contribution in [-0.4, -0.2) is 20.2 Å². The summed E-state index contributed by atoms with van der Waals surface area (Å²) in [4.78, 5) is 0. The molecule has 2 aromatic carbocycles. The first kappa shape index (κ1) is 12.6. The maximum Gasteiger partial charge on any atom is 0.189 e. The molecule has 0 N–H and O–H groups in total. The molecule has 1 saturated carbocycles. The fourth-order valence-electron chi connectivity index (χ4n) is 2.41. The van der Waals surface area contributed by atoms with Crippen LogP contribution in [0.2, 0.25) is 5.02 Å². The zero-order chi connectivity index (χ0) is 14.2. The number of hydrogen-bond donors (Lipinski definition) is 0. The summed E-state index contributed by atoms with van der Waals surface area (Å²) in [5, 5.41) is 14.5. The molecule has 1 aromatic heterocycles. The Morgan fingerprint density at radius 2 is 1.95 bits per heavy atom. The predicted octanol–water partition coefficient (Wildman–Crippen LogP) is 3.39. The van der Waals surface area contributed by atoms with Crippen molar-refractivity contribution in [1.82, 2.24) is 20.2 Å². The maximum atomic E-state index is 6.21. The van der Waals surface area contributed by atoms with E-state index in [9.17, 15) is 0 Å². The Labute approximate surface area is 126 Å². The molecule has 4 rings (SSSR count). The Kier molecular flexibility index (Phi) is 3.00. The summed E-state index contributed by atoms with van der Waals surface area (Å²) in [6.45, 7) is 0.356. The van der Waals surface area contributed by atoms with Gasteiger partial charge in [0.25, 0.3) is 0 Å². The Balaban J connectivity index is 1.62. The van der Waals surface area contributed by atoms with Gasteiger partial charge in [0.2, 0.25) is 0 Å². The van der Waals surface area contributed by atoms with Gasteiger partial charge in [0.05, 0.1) is 6.04 Å². The van der Waals surface area contributed by atoms with Crippen molar-refractivity contribution in [3.63, 3.8) is 0 Å². The lowest BCUT2D eigenvalue weighted by Gasteiger charge is -2.10. The number of tetrazole rings is 1. The highest BCUT2D eigenvalue weighted by molar-refractivity contribution is 6.35. The molecule has 5 nitrogen and oxygen atoms in total. The molecular weight excluding hydrogens is 288 g/mol. The van der Waals surface area contributed by atoms with Crippen molar-refractivity contribution >= 4 is 22.4 Å². The summed E-state index contributed by atoms with van der Waals surface area (Å²) >= 11 is 6.21. The Morgan fingerprint density at radius 1 is 1.14 bits per heavy atom. The highest BCUT2D eigenvalue weighted by Gasteiger charge is 2.27. The molecule has 21 heavy (non-hydrogen) atoms. The van der Waals surface area contributed by atoms with Gasteiger partial charge in [-0.15, -0.1) is 5.10 Å². The van der Waals surface area contributed by atoms with Gasteiger partial charge in [-0.05, 0) is 35.4 Å². The van der Waals surface area contributed by atoms with Crippen molar-refractivity contribution in [1.29, 1.82) is 0 Å². The second kappa shape index (κ2) is 5.00. The molecule has 0 atom stereocenters. The minimum absolute atomic E-state index is 0.356. The number of rotatable bonds is 4. The topological polar surface area (TPSA) is 52.8 Å². The molecule has 0 bridgehead atoms. The summed E-state index contributed by atoms with van der Waals surface area (Å²) in [6.07, 6.45) is 2.28. The first-order valence-electron chi connectivity index (χ1n) is 6.90. The van der Waals surface area contributed by atoms with Crippen molar-refractivity contribution in [3.05, 3.63) is 47.2 Å². The average Bonchev–Trinajstić information content (AvgIpc) is 3.26. The van der Waals surface area contributed by atoms with E-state index in [0.29, 0.717) is 12.6 Å². The normalized spacial score (nSPS) is 14.5. The van der Waals surface area contributed by atoms with E-state index in [1.807, 2.05) is 41.1 Å².